The molecule has 0 aromatic heterocycles. The van der Waals surface area contributed by atoms with E-state index in [1.165, 1.54) is 5.56 Å². The van der Waals surface area contributed by atoms with Crippen molar-refractivity contribution in [2.75, 3.05) is 39.8 Å². The molecule has 0 saturated carbocycles. The lowest BCUT2D eigenvalue weighted by Crippen LogP contribution is -2.39. The lowest BCUT2D eigenvalue weighted by molar-refractivity contribution is -0.131. The summed E-state index contributed by atoms with van der Waals surface area (Å²) >= 11 is 0. The van der Waals surface area contributed by atoms with Gasteiger partial charge in [-0.25, -0.2) is 0 Å². The van der Waals surface area contributed by atoms with Crippen LogP contribution in [0.25, 0.3) is 0 Å². The predicted octanol–water partition coefficient (Wildman–Crippen LogP) is 1.28. The van der Waals surface area contributed by atoms with Crippen LogP contribution in [0.4, 0.5) is 0 Å². The molecule has 0 aliphatic carbocycles. The van der Waals surface area contributed by atoms with Crippen LogP contribution in [0.2, 0.25) is 0 Å². The third-order valence-electron chi connectivity index (χ3n) is 3.95. The van der Waals surface area contributed by atoms with Crippen molar-refractivity contribution in [3.05, 3.63) is 35.9 Å². The minimum absolute atomic E-state index is 0.244. The average molecular weight is 275 g/mol. The summed E-state index contributed by atoms with van der Waals surface area (Å²) < 4.78 is 0. The lowest BCUT2D eigenvalue weighted by Gasteiger charge is -2.25. The van der Waals surface area contributed by atoms with Gasteiger partial charge in [-0.05, 0) is 25.5 Å². The molecule has 1 unspecified atom stereocenters. The molecule has 1 heterocycles. The third kappa shape index (κ3) is 4.05. The Bertz CT molecular complexity index is 415. The van der Waals surface area contributed by atoms with Gasteiger partial charge in [-0.15, -0.1) is 0 Å². The summed E-state index contributed by atoms with van der Waals surface area (Å²) in [6.45, 7) is 3.76. The zero-order chi connectivity index (χ0) is 14.4. The number of hydrogen-bond acceptors (Lipinski definition) is 3. The summed E-state index contributed by atoms with van der Waals surface area (Å²) in [5.74, 6) is 0.529. The molecule has 2 N–H and O–H groups in total. The summed E-state index contributed by atoms with van der Waals surface area (Å²) in [5, 5.41) is 0. The van der Waals surface area contributed by atoms with Crippen molar-refractivity contribution >= 4 is 5.91 Å². The van der Waals surface area contributed by atoms with Gasteiger partial charge in [0.05, 0.1) is 6.54 Å². The van der Waals surface area contributed by atoms with E-state index >= 15 is 0 Å². The van der Waals surface area contributed by atoms with Crippen molar-refractivity contribution in [3.63, 3.8) is 0 Å². The molecule has 110 valence electrons. The molecule has 4 heteroatoms. The zero-order valence-electron chi connectivity index (χ0n) is 12.3. The van der Waals surface area contributed by atoms with Crippen LogP contribution < -0.4 is 5.73 Å². The van der Waals surface area contributed by atoms with E-state index in [0.29, 0.717) is 13.1 Å². The maximum Gasteiger partial charge on any atom is 0.236 e. The molecule has 20 heavy (non-hydrogen) atoms. The average Bonchev–Trinajstić information content (AvgIpc) is 3.00. The number of nitrogens with zero attached hydrogens (tertiary/aromatic N) is 2. The molecule has 0 bridgehead atoms. The Hall–Kier alpha value is -1.39. The number of likely N-dealkylation sites (tertiary alicyclic amines) is 1. The number of amides is 1. The van der Waals surface area contributed by atoms with Crippen LogP contribution in [0.3, 0.4) is 0 Å². The van der Waals surface area contributed by atoms with Gasteiger partial charge in [-0.2, -0.15) is 0 Å². The van der Waals surface area contributed by atoms with E-state index in [0.717, 1.165) is 32.5 Å². The van der Waals surface area contributed by atoms with Crippen LogP contribution in [0.5, 0.6) is 0 Å². The normalized spacial score (nSPS) is 16.6. The second-order valence-electron chi connectivity index (χ2n) is 5.63. The van der Waals surface area contributed by atoms with Crippen molar-refractivity contribution in [2.24, 2.45) is 5.73 Å². The molecule has 1 aliphatic heterocycles. The SMILES string of the molecule is CN(CC(=O)N1CCCC1)CC(CN)c1ccccc1. The van der Waals surface area contributed by atoms with Crippen molar-refractivity contribution in [1.29, 1.82) is 0 Å². The van der Waals surface area contributed by atoms with E-state index in [1.807, 2.05) is 30.1 Å². The van der Waals surface area contributed by atoms with Gasteiger partial charge in [0.25, 0.3) is 0 Å². The maximum atomic E-state index is 12.1. The molecule has 1 aliphatic rings. The largest absolute Gasteiger partial charge is 0.342 e. The third-order valence-corrected chi connectivity index (χ3v) is 3.95. The van der Waals surface area contributed by atoms with Crippen LogP contribution in [-0.2, 0) is 4.79 Å². The minimum Gasteiger partial charge on any atom is -0.342 e. The van der Waals surface area contributed by atoms with E-state index < -0.39 is 0 Å². The highest BCUT2D eigenvalue weighted by molar-refractivity contribution is 5.78. The first-order chi connectivity index (χ1) is 9.70. The molecule has 1 aromatic rings. The number of likely N-dealkylation sites (N-methyl/N-ethyl adjacent to an activating group) is 1. The van der Waals surface area contributed by atoms with Crippen LogP contribution in [0, 0.1) is 0 Å². The zero-order valence-corrected chi connectivity index (χ0v) is 12.3. The summed E-state index contributed by atoms with van der Waals surface area (Å²) in [4.78, 5) is 16.2. The molecule has 4 nitrogen and oxygen atoms in total. The van der Waals surface area contributed by atoms with Crippen LogP contribution in [-0.4, -0.2) is 55.5 Å². The smallest absolute Gasteiger partial charge is 0.236 e. The summed E-state index contributed by atoms with van der Waals surface area (Å²) in [5.41, 5.74) is 7.13. The second kappa shape index (κ2) is 7.41. The van der Waals surface area contributed by atoms with E-state index in [-0.39, 0.29) is 11.8 Å². The second-order valence-corrected chi connectivity index (χ2v) is 5.63. The minimum atomic E-state index is 0.244. The maximum absolute atomic E-state index is 12.1. The molecule has 1 amide bonds. The van der Waals surface area contributed by atoms with Crippen molar-refractivity contribution in [3.8, 4) is 0 Å². The summed E-state index contributed by atoms with van der Waals surface area (Å²) in [6, 6.07) is 10.3. The predicted molar refractivity (Wildman–Crippen MR) is 81.5 cm³/mol. The Labute approximate surface area is 121 Å². The fourth-order valence-electron chi connectivity index (χ4n) is 2.78. The number of nitrogens with two attached hydrogens (primary N) is 1. The molecule has 0 spiro atoms. The van der Waals surface area contributed by atoms with Gasteiger partial charge in [0, 0.05) is 32.1 Å². The highest BCUT2D eigenvalue weighted by atomic mass is 16.2. The van der Waals surface area contributed by atoms with E-state index in [9.17, 15) is 4.79 Å². The number of benzene rings is 1. The summed E-state index contributed by atoms with van der Waals surface area (Å²) in [6.07, 6.45) is 2.29. The van der Waals surface area contributed by atoms with Gasteiger partial charge in [0.1, 0.15) is 0 Å². The standard InChI is InChI=1S/C16H25N3O/c1-18(13-16(20)19-9-5-6-10-19)12-15(11-17)14-7-3-2-4-8-14/h2-4,7-8,15H,5-6,9-13,17H2,1H3. The first-order valence-electron chi connectivity index (χ1n) is 7.42. The van der Waals surface area contributed by atoms with Crippen molar-refractivity contribution in [1.82, 2.24) is 9.80 Å². The monoisotopic (exact) mass is 275 g/mol. The summed E-state index contributed by atoms with van der Waals surface area (Å²) in [7, 11) is 2.00. The Morgan fingerprint density at radius 2 is 1.95 bits per heavy atom. The first kappa shape index (κ1) is 15.0. The fourth-order valence-corrected chi connectivity index (χ4v) is 2.78. The molecule has 1 fully saturated rings. The fraction of sp³-hybridized carbons (Fsp3) is 0.562. The Morgan fingerprint density at radius 3 is 2.55 bits per heavy atom. The lowest BCUT2D eigenvalue weighted by atomic mass is 9.99. The highest BCUT2D eigenvalue weighted by Crippen LogP contribution is 2.15. The van der Waals surface area contributed by atoms with Gasteiger partial charge >= 0.3 is 0 Å². The van der Waals surface area contributed by atoms with Crippen LogP contribution in [0.15, 0.2) is 30.3 Å². The quantitative estimate of drug-likeness (QED) is 0.851. The topological polar surface area (TPSA) is 49.6 Å². The van der Waals surface area contributed by atoms with Crippen molar-refractivity contribution < 1.29 is 4.79 Å². The molecule has 1 aromatic carbocycles. The number of carbonyl (C=O) groups excluding carboxylic acids is 1. The van der Waals surface area contributed by atoms with Gasteiger partial charge in [0.2, 0.25) is 5.91 Å². The van der Waals surface area contributed by atoms with Gasteiger partial charge in [-0.1, -0.05) is 30.3 Å². The Morgan fingerprint density at radius 1 is 1.30 bits per heavy atom. The number of hydrogen-bond donors (Lipinski definition) is 1. The molecule has 1 atom stereocenters. The van der Waals surface area contributed by atoms with Gasteiger partial charge in [-0.3, -0.25) is 9.69 Å². The molecule has 2 rings (SSSR count). The van der Waals surface area contributed by atoms with Crippen molar-refractivity contribution in [2.45, 2.75) is 18.8 Å². The highest BCUT2D eigenvalue weighted by Gasteiger charge is 2.20. The molecular formula is C16H25N3O. The van der Waals surface area contributed by atoms with E-state index in [4.69, 9.17) is 5.73 Å². The van der Waals surface area contributed by atoms with Crippen LogP contribution >= 0.6 is 0 Å². The Balaban J connectivity index is 1.86. The van der Waals surface area contributed by atoms with Gasteiger partial charge < -0.3 is 10.6 Å². The van der Waals surface area contributed by atoms with E-state index in [1.54, 1.807) is 0 Å². The van der Waals surface area contributed by atoms with Crippen LogP contribution in [0.1, 0.15) is 24.3 Å². The van der Waals surface area contributed by atoms with Gasteiger partial charge in [0.15, 0.2) is 0 Å². The first-order valence-corrected chi connectivity index (χ1v) is 7.42. The van der Waals surface area contributed by atoms with E-state index in [2.05, 4.69) is 17.0 Å². The molecule has 1 saturated heterocycles. The number of rotatable bonds is 6. The molecule has 0 radical (unpaired) electrons. The number of carbonyl (C=O) groups is 1. The Kier molecular flexibility index (Phi) is 5.56. The molecular weight excluding hydrogens is 250 g/mol.